The van der Waals surface area contributed by atoms with Gasteiger partial charge in [0.05, 0.1) is 22.9 Å². The Morgan fingerprint density at radius 3 is 2.47 bits per heavy atom. The number of amides is 1. The Morgan fingerprint density at radius 1 is 1.03 bits per heavy atom. The largest absolute Gasteiger partial charge is 0.497 e. The number of carbonyl (C=O) groups excluding carboxylic acids is 2. The van der Waals surface area contributed by atoms with Gasteiger partial charge in [0.1, 0.15) is 17.4 Å². The van der Waals surface area contributed by atoms with Gasteiger partial charge in [-0.05, 0) is 89.0 Å². The molecule has 0 radical (unpaired) electrons. The molecule has 1 amide bonds. The van der Waals surface area contributed by atoms with Crippen LogP contribution in [0.4, 0.5) is 5.69 Å². The van der Waals surface area contributed by atoms with Crippen molar-refractivity contribution in [2.75, 3.05) is 19.0 Å². The third-order valence-corrected chi connectivity index (χ3v) is 6.37. The first-order chi connectivity index (χ1) is 18.4. The summed E-state index contributed by atoms with van der Waals surface area (Å²) in [6.07, 6.45) is 1.47. The van der Waals surface area contributed by atoms with Crippen molar-refractivity contribution < 1.29 is 23.8 Å². The van der Waals surface area contributed by atoms with Crippen LogP contribution in [0.5, 0.6) is 17.2 Å². The van der Waals surface area contributed by atoms with Gasteiger partial charge < -0.3 is 19.5 Å². The van der Waals surface area contributed by atoms with Gasteiger partial charge in [-0.15, -0.1) is 0 Å². The van der Waals surface area contributed by atoms with E-state index in [1.807, 2.05) is 72.0 Å². The number of carbonyl (C=O) groups is 2. The minimum atomic E-state index is -0.554. The molecule has 1 N–H and O–H groups in total. The minimum Gasteiger partial charge on any atom is -0.497 e. The van der Waals surface area contributed by atoms with E-state index in [9.17, 15) is 14.9 Å². The zero-order chi connectivity index (χ0) is 27.1. The van der Waals surface area contributed by atoms with E-state index in [0.717, 1.165) is 10.8 Å². The van der Waals surface area contributed by atoms with Gasteiger partial charge in [0.2, 0.25) is 0 Å². The molecular formula is C30H23IN2O5. The molecule has 0 aromatic heterocycles. The fourth-order valence-electron chi connectivity index (χ4n) is 3.75. The van der Waals surface area contributed by atoms with E-state index in [2.05, 4.69) is 5.32 Å². The molecule has 0 aliphatic heterocycles. The molecule has 190 valence electrons. The Hall–Kier alpha value is -4.36. The van der Waals surface area contributed by atoms with Gasteiger partial charge in [-0.2, -0.15) is 5.26 Å². The number of rotatable bonds is 8. The predicted octanol–water partition coefficient (Wildman–Crippen LogP) is 6.62. The van der Waals surface area contributed by atoms with Gasteiger partial charge in [0, 0.05) is 11.1 Å². The molecule has 0 heterocycles. The third-order valence-electron chi connectivity index (χ3n) is 5.57. The van der Waals surface area contributed by atoms with E-state index in [-0.39, 0.29) is 11.3 Å². The number of fused-ring (bicyclic) bond motifs is 1. The Morgan fingerprint density at radius 2 is 1.76 bits per heavy atom. The monoisotopic (exact) mass is 618 g/mol. The lowest BCUT2D eigenvalue weighted by molar-refractivity contribution is -0.112. The van der Waals surface area contributed by atoms with Crippen LogP contribution in [-0.4, -0.2) is 25.6 Å². The molecule has 7 nitrogen and oxygen atoms in total. The molecule has 0 unspecified atom stereocenters. The number of esters is 1. The van der Waals surface area contributed by atoms with Crippen molar-refractivity contribution in [3.05, 3.63) is 99.1 Å². The third kappa shape index (κ3) is 6.12. The summed E-state index contributed by atoms with van der Waals surface area (Å²) in [6, 6.07) is 25.1. The Kier molecular flexibility index (Phi) is 8.61. The van der Waals surface area contributed by atoms with Gasteiger partial charge in [-0.25, -0.2) is 4.79 Å². The van der Waals surface area contributed by atoms with Gasteiger partial charge in [-0.3, -0.25) is 4.79 Å². The van der Waals surface area contributed by atoms with Crippen LogP contribution in [0.25, 0.3) is 16.8 Å². The van der Waals surface area contributed by atoms with E-state index in [4.69, 9.17) is 14.2 Å². The first-order valence-corrected chi connectivity index (χ1v) is 12.7. The van der Waals surface area contributed by atoms with Crippen LogP contribution in [0.15, 0.2) is 84.4 Å². The molecule has 4 rings (SSSR count). The van der Waals surface area contributed by atoms with E-state index in [0.29, 0.717) is 38.5 Å². The van der Waals surface area contributed by atoms with Crippen LogP contribution in [-0.2, 0) is 4.79 Å². The number of benzene rings is 4. The summed E-state index contributed by atoms with van der Waals surface area (Å²) in [5.74, 6) is 0.109. The summed E-state index contributed by atoms with van der Waals surface area (Å²) in [5.41, 5.74) is 1.43. The number of halogens is 1. The Balaban J connectivity index is 1.61. The quantitative estimate of drug-likeness (QED) is 0.0785. The molecule has 0 aliphatic carbocycles. The lowest BCUT2D eigenvalue weighted by atomic mass is 10.1. The highest BCUT2D eigenvalue weighted by molar-refractivity contribution is 14.1. The molecule has 0 atom stereocenters. The van der Waals surface area contributed by atoms with Crippen molar-refractivity contribution in [3.63, 3.8) is 0 Å². The molecule has 0 saturated heterocycles. The zero-order valence-corrected chi connectivity index (χ0v) is 22.8. The van der Waals surface area contributed by atoms with Gasteiger partial charge >= 0.3 is 5.97 Å². The fraction of sp³-hybridized carbons (Fsp3) is 0.100. The normalized spacial score (nSPS) is 10.9. The average Bonchev–Trinajstić information content (AvgIpc) is 2.93. The fourth-order valence-corrected chi connectivity index (χ4v) is 4.49. The van der Waals surface area contributed by atoms with Gasteiger partial charge in [0.15, 0.2) is 11.5 Å². The summed E-state index contributed by atoms with van der Waals surface area (Å²) in [5, 5.41) is 14.4. The van der Waals surface area contributed by atoms with Crippen molar-refractivity contribution >= 4 is 57.0 Å². The van der Waals surface area contributed by atoms with Gasteiger partial charge in [-0.1, -0.05) is 36.4 Å². The maximum Gasteiger partial charge on any atom is 0.343 e. The second kappa shape index (κ2) is 12.3. The lowest BCUT2D eigenvalue weighted by Crippen LogP contribution is -2.14. The number of hydrogen-bond acceptors (Lipinski definition) is 6. The van der Waals surface area contributed by atoms with Crippen LogP contribution in [0.3, 0.4) is 0 Å². The maximum atomic E-state index is 13.0. The second-order valence-corrected chi connectivity index (χ2v) is 9.19. The number of nitrogens with zero attached hydrogens (tertiary/aromatic N) is 1. The van der Waals surface area contributed by atoms with Crippen molar-refractivity contribution in [1.29, 1.82) is 5.26 Å². The minimum absolute atomic E-state index is 0.0841. The standard InChI is InChI=1S/C30H23IN2O5/c1-3-37-27-17-19(16-25(31)28(27)38-30(35)21-11-13-23(36-2)14-12-21)15-22(18-32)29(34)33-26-10-6-8-20-7-4-5-9-24(20)26/h4-17H,3H2,1-2H3,(H,33,34)/b22-15+. The van der Waals surface area contributed by atoms with Crippen molar-refractivity contribution in [2.24, 2.45) is 0 Å². The van der Waals surface area contributed by atoms with Crippen LogP contribution in [0.1, 0.15) is 22.8 Å². The molecule has 0 bridgehead atoms. The summed E-state index contributed by atoms with van der Waals surface area (Å²) < 4.78 is 17.1. The summed E-state index contributed by atoms with van der Waals surface area (Å²) in [4.78, 5) is 25.7. The maximum absolute atomic E-state index is 13.0. The lowest BCUT2D eigenvalue weighted by Gasteiger charge is -2.14. The highest BCUT2D eigenvalue weighted by atomic mass is 127. The molecule has 0 aliphatic rings. The van der Waals surface area contributed by atoms with Crippen LogP contribution >= 0.6 is 22.6 Å². The molecule has 0 saturated carbocycles. The number of nitrogens with one attached hydrogen (secondary N) is 1. The molecule has 4 aromatic carbocycles. The number of hydrogen-bond donors (Lipinski definition) is 1. The molecule has 0 spiro atoms. The molecular weight excluding hydrogens is 595 g/mol. The second-order valence-electron chi connectivity index (χ2n) is 8.03. The van der Waals surface area contributed by atoms with E-state index in [1.165, 1.54) is 6.08 Å². The van der Waals surface area contributed by atoms with Crippen LogP contribution < -0.4 is 19.5 Å². The molecule has 0 fully saturated rings. The van der Waals surface area contributed by atoms with Crippen LogP contribution in [0, 0.1) is 14.9 Å². The Labute approximate surface area is 233 Å². The highest BCUT2D eigenvalue weighted by Crippen LogP contribution is 2.36. The summed E-state index contributed by atoms with van der Waals surface area (Å²) in [6.45, 7) is 2.13. The van der Waals surface area contributed by atoms with E-state index >= 15 is 0 Å². The number of methoxy groups -OCH3 is 1. The number of anilines is 1. The van der Waals surface area contributed by atoms with Gasteiger partial charge in [0.25, 0.3) is 5.91 Å². The smallest absolute Gasteiger partial charge is 0.343 e. The highest BCUT2D eigenvalue weighted by Gasteiger charge is 2.18. The Bertz CT molecular complexity index is 1570. The summed E-state index contributed by atoms with van der Waals surface area (Å²) in [7, 11) is 1.55. The van der Waals surface area contributed by atoms with E-state index in [1.54, 1.807) is 49.6 Å². The number of nitriles is 1. The number of ether oxygens (including phenoxy) is 3. The summed E-state index contributed by atoms with van der Waals surface area (Å²) >= 11 is 2.03. The van der Waals surface area contributed by atoms with E-state index < -0.39 is 11.9 Å². The van der Waals surface area contributed by atoms with Crippen molar-refractivity contribution in [3.8, 4) is 23.3 Å². The zero-order valence-electron chi connectivity index (χ0n) is 20.7. The topological polar surface area (TPSA) is 97.6 Å². The predicted molar refractivity (Wildman–Crippen MR) is 154 cm³/mol. The SMILES string of the molecule is CCOc1cc(/C=C(\C#N)C(=O)Nc2cccc3ccccc23)cc(I)c1OC(=O)c1ccc(OC)cc1. The molecule has 8 heteroatoms. The first kappa shape index (κ1) is 26.7. The van der Waals surface area contributed by atoms with Crippen LogP contribution in [0.2, 0.25) is 0 Å². The van der Waals surface area contributed by atoms with Crippen molar-refractivity contribution in [1.82, 2.24) is 0 Å². The average molecular weight is 618 g/mol. The molecule has 38 heavy (non-hydrogen) atoms. The first-order valence-electron chi connectivity index (χ1n) is 11.7. The molecule has 4 aromatic rings. The van der Waals surface area contributed by atoms with Crippen molar-refractivity contribution in [2.45, 2.75) is 6.92 Å².